The van der Waals surface area contributed by atoms with Gasteiger partial charge in [0.25, 0.3) is 0 Å². The fourth-order valence-electron chi connectivity index (χ4n) is 2.38. The first-order chi connectivity index (χ1) is 6.99. The number of aliphatic hydroxyl groups is 1. The van der Waals surface area contributed by atoms with Gasteiger partial charge in [-0.25, -0.2) is 0 Å². The number of carbonyl (C=O) groups excluding carboxylic acids is 1. The maximum absolute atomic E-state index is 12.1. The van der Waals surface area contributed by atoms with E-state index < -0.39 is 5.60 Å². The summed E-state index contributed by atoms with van der Waals surface area (Å²) in [5.74, 6) is 0.157. The van der Waals surface area contributed by atoms with E-state index in [0.29, 0.717) is 13.1 Å². The van der Waals surface area contributed by atoms with E-state index >= 15 is 0 Å². The van der Waals surface area contributed by atoms with Gasteiger partial charge in [0.05, 0.1) is 11.0 Å². The maximum atomic E-state index is 12.1. The highest BCUT2D eigenvalue weighted by molar-refractivity contribution is 5.85. The summed E-state index contributed by atoms with van der Waals surface area (Å²) in [6, 6.07) is 0. The molecule has 1 saturated heterocycles. The van der Waals surface area contributed by atoms with Crippen LogP contribution in [0.2, 0.25) is 0 Å². The van der Waals surface area contributed by atoms with Crippen LogP contribution in [0.5, 0.6) is 0 Å². The van der Waals surface area contributed by atoms with E-state index in [9.17, 15) is 9.90 Å². The molecule has 4 nitrogen and oxygen atoms in total. The predicted octanol–water partition coefficient (Wildman–Crippen LogP) is 0.0987. The summed E-state index contributed by atoms with van der Waals surface area (Å²) in [6.45, 7) is 3.49. The second kappa shape index (κ2) is 3.46. The van der Waals surface area contributed by atoms with Gasteiger partial charge in [0.2, 0.25) is 5.91 Å². The Labute approximate surface area is 90.4 Å². The Morgan fingerprint density at radius 2 is 2.13 bits per heavy atom. The first-order valence-corrected chi connectivity index (χ1v) is 5.71. The molecule has 86 valence electrons. The van der Waals surface area contributed by atoms with E-state index in [-0.39, 0.29) is 11.3 Å². The molecule has 0 aromatic rings. The van der Waals surface area contributed by atoms with E-state index in [1.165, 1.54) is 0 Å². The zero-order valence-electron chi connectivity index (χ0n) is 9.33. The Kier molecular flexibility index (Phi) is 2.51. The van der Waals surface area contributed by atoms with Crippen molar-refractivity contribution in [1.82, 2.24) is 4.90 Å². The molecular formula is C11H20N2O2. The number of piperidine rings is 1. The summed E-state index contributed by atoms with van der Waals surface area (Å²) in [6.07, 6.45) is 3.51. The Bertz CT molecular complexity index is 272. The molecule has 0 aromatic carbocycles. The van der Waals surface area contributed by atoms with Crippen LogP contribution >= 0.6 is 0 Å². The number of hydrogen-bond donors (Lipinski definition) is 2. The largest absolute Gasteiger partial charge is 0.388 e. The lowest BCUT2D eigenvalue weighted by molar-refractivity contribution is -0.143. The van der Waals surface area contributed by atoms with Crippen LogP contribution in [0, 0.1) is 5.41 Å². The summed E-state index contributed by atoms with van der Waals surface area (Å²) < 4.78 is 0. The lowest BCUT2D eigenvalue weighted by atomic mass is 9.93. The van der Waals surface area contributed by atoms with E-state index in [1.54, 1.807) is 11.8 Å². The van der Waals surface area contributed by atoms with E-state index in [0.717, 1.165) is 32.2 Å². The first-order valence-electron chi connectivity index (χ1n) is 5.71. The van der Waals surface area contributed by atoms with Crippen molar-refractivity contribution in [2.24, 2.45) is 11.1 Å². The summed E-state index contributed by atoms with van der Waals surface area (Å²) >= 11 is 0. The second-order valence-corrected chi connectivity index (χ2v) is 5.31. The van der Waals surface area contributed by atoms with Crippen LogP contribution in [0.3, 0.4) is 0 Å². The van der Waals surface area contributed by atoms with Gasteiger partial charge in [-0.1, -0.05) is 0 Å². The minimum Gasteiger partial charge on any atom is -0.388 e. The van der Waals surface area contributed by atoms with Gasteiger partial charge in [-0.05, 0) is 32.6 Å². The number of hydrogen-bond acceptors (Lipinski definition) is 3. The molecule has 1 atom stereocenters. The van der Waals surface area contributed by atoms with Gasteiger partial charge in [0.15, 0.2) is 0 Å². The summed E-state index contributed by atoms with van der Waals surface area (Å²) in [4.78, 5) is 13.9. The van der Waals surface area contributed by atoms with Crippen molar-refractivity contribution in [3.8, 4) is 0 Å². The van der Waals surface area contributed by atoms with Crippen LogP contribution in [-0.2, 0) is 4.79 Å². The van der Waals surface area contributed by atoms with Crippen LogP contribution in [0.25, 0.3) is 0 Å². The number of carbonyl (C=O) groups is 1. The van der Waals surface area contributed by atoms with E-state index in [4.69, 9.17) is 5.73 Å². The van der Waals surface area contributed by atoms with E-state index in [1.807, 2.05) is 0 Å². The van der Waals surface area contributed by atoms with Gasteiger partial charge in [0.1, 0.15) is 0 Å². The van der Waals surface area contributed by atoms with Crippen molar-refractivity contribution in [2.45, 2.75) is 38.2 Å². The molecule has 1 aliphatic carbocycles. The van der Waals surface area contributed by atoms with Gasteiger partial charge in [-0.2, -0.15) is 0 Å². The Hall–Kier alpha value is -0.610. The number of amides is 1. The molecule has 1 aliphatic heterocycles. The molecule has 1 heterocycles. The van der Waals surface area contributed by atoms with E-state index in [2.05, 4.69) is 0 Å². The third-order valence-electron chi connectivity index (χ3n) is 3.66. The highest BCUT2D eigenvalue weighted by Gasteiger charge is 2.51. The molecule has 1 amide bonds. The summed E-state index contributed by atoms with van der Waals surface area (Å²) in [7, 11) is 0. The van der Waals surface area contributed by atoms with Crippen molar-refractivity contribution >= 4 is 5.91 Å². The van der Waals surface area contributed by atoms with Crippen molar-refractivity contribution in [3.05, 3.63) is 0 Å². The highest BCUT2D eigenvalue weighted by Crippen LogP contribution is 2.46. The molecule has 0 aromatic heterocycles. The van der Waals surface area contributed by atoms with Crippen LogP contribution in [0.4, 0.5) is 0 Å². The topological polar surface area (TPSA) is 66.6 Å². The molecule has 4 heteroatoms. The average molecular weight is 212 g/mol. The molecule has 15 heavy (non-hydrogen) atoms. The van der Waals surface area contributed by atoms with Crippen molar-refractivity contribution in [1.29, 1.82) is 0 Å². The molecule has 0 bridgehead atoms. The smallest absolute Gasteiger partial charge is 0.230 e. The Morgan fingerprint density at radius 3 is 2.60 bits per heavy atom. The van der Waals surface area contributed by atoms with Crippen molar-refractivity contribution in [3.63, 3.8) is 0 Å². The minimum absolute atomic E-state index is 0.157. The fourth-order valence-corrected chi connectivity index (χ4v) is 2.38. The SMILES string of the molecule is CC1(O)CCCN(C(=O)C2(CN)CC2)C1. The lowest BCUT2D eigenvalue weighted by Gasteiger charge is -2.38. The van der Waals surface area contributed by atoms with Crippen molar-refractivity contribution < 1.29 is 9.90 Å². The lowest BCUT2D eigenvalue weighted by Crippen LogP contribution is -2.51. The molecule has 2 aliphatic rings. The highest BCUT2D eigenvalue weighted by atomic mass is 16.3. The zero-order valence-corrected chi connectivity index (χ0v) is 9.33. The van der Waals surface area contributed by atoms with Gasteiger partial charge >= 0.3 is 0 Å². The summed E-state index contributed by atoms with van der Waals surface area (Å²) in [5, 5.41) is 9.93. The zero-order chi connectivity index (χ0) is 11.1. The maximum Gasteiger partial charge on any atom is 0.230 e. The predicted molar refractivity (Wildman–Crippen MR) is 57.2 cm³/mol. The fraction of sp³-hybridized carbons (Fsp3) is 0.909. The number of likely N-dealkylation sites (tertiary alicyclic amines) is 1. The third-order valence-corrected chi connectivity index (χ3v) is 3.66. The molecule has 2 rings (SSSR count). The minimum atomic E-state index is -0.710. The number of nitrogens with zero attached hydrogens (tertiary/aromatic N) is 1. The Morgan fingerprint density at radius 1 is 1.47 bits per heavy atom. The third kappa shape index (κ3) is 2.01. The monoisotopic (exact) mass is 212 g/mol. The van der Waals surface area contributed by atoms with Crippen molar-refractivity contribution in [2.75, 3.05) is 19.6 Å². The first kappa shape index (κ1) is 10.9. The normalized spacial score (nSPS) is 33.9. The molecule has 1 unspecified atom stereocenters. The standard InChI is InChI=1S/C11H20N2O2/c1-10(15)3-2-6-13(8-10)9(14)11(7-12)4-5-11/h15H,2-8,12H2,1H3. The average Bonchev–Trinajstić information content (AvgIpc) is 2.96. The second-order valence-electron chi connectivity index (χ2n) is 5.31. The van der Waals surface area contributed by atoms with Gasteiger partial charge in [-0.3, -0.25) is 4.79 Å². The quantitative estimate of drug-likeness (QED) is 0.682. The number of nitrogens with two attached hydrogens (primary N) is 1. The molecule has 2 fully saturated rings. The van der Waals surface area contributed by atoms with Gasteiger partial charge in [-0.15, -0.1) is 0 Å². The molecular weight excluding hydrogens is 192 g/mol. The van der Waals surface area contributed by atoms with Crippen LogP contribution in [0.1, 0.15) is 32.6 Å². The van der Waals surface area contributed by atoms with Gasteiger partial charge in [0, 0.05) is 19.6 Å². The molecule has 3 N–H and O–H groups in total. The number of rotatable bonds is 2. The van der Waals surface area contributed by atoms with Crippen LogP contribution in [0.15, 0.2) is 0 Å². The molecule has 1 saturated carbocycles. The molecule has 0 spiro atoms. The van der Waals surface area contributed by atoms with Crippen LogP contribution in [-0.4, -0.2) is 41.1 Å². The van der Waals surface area contributed by atoms with Gasteiger partial charge < -0.3 is 15.7 Å². The molecule has 0 radical (unpaired) electrons. The number of β-amino-alcohol motifs (C(OH)–C–C–N with tert-alkyl or cyclic N) is 1. The Balaban J connectivity index is 2.02. The summed E-state index contributed by atoms with van der Waals surface area (Å²) in [5.41, 5.74) is 4.65. The van der Waals surface area contributed by atoms with Crippen LogP contribution < -0.4 is 5.73 Å².